The van der Waals surface area contributed by atoms with Gasteiger partial charge in [-0.05, 0) is 98.9 Å². The molecule has 0 radical (unpaired) electrons. The first-order valence-corrected chi connectivity index (χ1v) is 14.4. The number of anilines is 2. The van der Waals surface area contributed by atoms with Crippen LogP contribution in [0.3, 0.4) is 0 Å². The van der Waals surface area contributed by atoms with Gasteiger partial charge in [0.1, 0.15) is 5.76 Å². The number of aryl methyl sites for hydroxylation is 1. The predicted molar refractivity (Wildman–Crippen MR) is 162 cm³/mol. The van der Waals surface area contributed by atoms with Crippen molar-refractivity contribution in [3.8, 4) is 0 Å². The van der Waals surface area contributed by atoms with Crippen molar-refractivity contribution < 1.29 is 4.42 Å². The third-order valence-electron chi connectivity index (χ3n) is 8.26. The van der Waals surface area contributed by atoms with Gasteiger partial charge in [-0.25, -0.2) is 0 Å². The predicted octanol–water partition coefficient (Wildman–Crippen LogP) is 7.21. The van der Waals surface area contributed by atoms with Crippen molar-refractivity contribution in [3.05, 3.63) is 100 Å². The molecule has 2 atom stereocenters. The summed E-state index contributed by atoms with van der Waals surface area (Å²) >= 11 is 12.9. The molecule has 0 amide bonds. The van der Waals surface area contributed by atoms with E-state index < -0.39 is 0 Å². The van der Waals surface area contributed by atoms with E-state index >= 15 is 0 Å². The Morgan fingerprint density at radius 3 is 2.59 bits per heavy atom. The zero-order chi connectivity index (χ0) is 27.1. The molecule has 2 fully saturated rings. The van der Waals surface area contributed by atoms with E-state index in [0.717, 1.165) is 46.9 Å². The first kappa shape index (κ1) is 26.0. The molecule has 2 saturated heterocycles. The molecule has 2 aliphatic rings. The molecular formula is C31H34ClN5OS. The number of hydrogen-bond donors (Lipinski definition) is 1. The maximum absolute atomic E-state index is 6.95. The summed E-state index contributed by atoms with van der Waals surface area (Å²) < 4.78 is 7.97. The molecule has 0 spiro atoms. The van der Waals surface area contributed by atoms with Crippen LogP contribution in [0, 0.1) is 19.8 Å². The number of piperidine rings is 1. The number of aromatic nitrogens is 2. The molecule has 5 heterocycles. The summed E-state index contributed by atoms with van der Waals surface area (Å²) in [7, 11) is 0. The van der Waals surface area contributed by atoms with Crippen molar-refractivity contribution in [1.82, 2.24) is 14.9 Å². The van der Waals surface area contributed by atoms with E-state index in [1.165, 1.54) is 29.8 Å². The molecule has 8 heteroatoms. The van der Waals surface area contributed by atoms with Gasteiger partial charge in [0, 0.05) is 36.4 Å². The fraction of sp³-hybridized carbons (Fsp3) is 0.355. The molecule has 0 unspecified atom stereocenters. The van der Waals surface area contributed by atoms with Gasteiger partial charge in [-0.2, -0.15) is 0 Å². The van der Waals surface area contributed by atoms with Gasteiger partial charge < -0.3 is 24.1 Å². The summed E-state index contributed by atoms with van der Waals surface area (Å²) in [5, 5.41) is 5.01. The van der Waals surface area contributed by atoms with E-state index in [0.29, 0.717) is 11.7 Å². The van der Waals surface area contributed by atoms with Crippen LogP contribution in [0.2, 0.25) is 5.02 Å². The van der Waals surface area contributed by atoms with Crippen LogP contribution in [-0.2, 0) is 6.54 Å². The molecule has 1 aromatic carbocycles. The summed E-state index contributed by atoms with van der Waals surface area (Å²) in [5.41, 5.74) is 6.58. The molecule has 39 heavy (non-hydrogen) atoms. The van der Waals surface area contributed by atoms with Crippen molar-refractivity contribution in [2.45, 2.75) is 52.2 Å². The number of pyridine rings is 1. The maximum Gasteiger partial charge on any atom is 0.174 e. The normalized spacial score (nSPS) is 20.1. The SMILES string of the molecule is Cc1cc([C@H]2[C@@H](c3ccccn3)NC(=S)N2c2ccc(N3CCC(C)CC3)c(Cl)c2)c(C)n1Cc1ccco1. The van der Waals surface area contributed by atoms with Crippen LogP contribution in [0.4, 0.5) is 11.4 Å². The van der Waals surface area contributed by atoms with Gasteiger partial charge in [0.2, 0.25) is 0 Å². The van der Waals surface area contributed by atoms with Gasteiger partial charge in [-0.15, -0.1) is 0 Å². The fourth-order valence-corrected chi connectivity index (χ4v) is 6.67. The molecular weight excluding hydrogens is 526 g/mol. The van der Waals surface area contributed by atoms with Crippen molar-refractivity contribution in [2.24, 2.45) is 5.92 Å². The highest BCUT2D eigenvalue weighted by molar-refractivity contribution is 7.80. The number of nitrogens with zero attached hydrogens (tertiary/aromatic N) is 4. The Bertz CT molecular complexity index is 1460. The molecule has 0 aliphatic carbocycles. The number of furan rings is 1. The van der Waals surface area contributed by atoms with Gasteiger partial charge in [-0.1, -0.05) is 24.6 Å². The quantitative estimate of drug-likeness (QED) is 0.252. The Balaban J connectivity index is 1.40. The van der Waals surface area contributed by atoms with E-state index in [1.807, 2.05) is 30.5 Å². The maximum atomic E-state index is 6.95. The molecule has 2 aliphatic heterocycles. The summed E-state index contributed by atoms with van der Waals surface area (Å²) in [4.78, 5) is 9.33. The second-order valence-corrected chi connectivity index (χ2v) is 11.6. The van der Waals surface area contributed by atoms with Gasteiger partial charge in [0.25, 0.3) is 0 Å². The summed E-state index contributed by atoms with van der Waals surface area (Å²) in [6, 6.07) is 18.4. The highest BCUT2D eigenvalue weighted by Crippen LogP contribution is 2.45. The lowest BCUT2D eigenvalue weighted by Crippen LogP contribution is -2.33. The molecule has 3 aromatic heterocycles. The Kier molecular flexibility index (Phi) is 7.12. The van der Waals surface area contributed by atoms with Crippen LogP contribution in [0.5, 0.6) is 0 Å². The van der Waals surface area contributed by atoms with Crippen LogP contribution in [0.15, 0.2) is 71.5 Å². The largest absolute Gasteiger partial charge is 0.467 e. The highest BCUT2D eigenvalue weighted by atomic mass is 35.5. The minimum absolute atomic E-state index is 0.0956. The van der Waals surface area contributed by atoms with Crippen molar-refractivity contribution >= 4 is 40.3 Å². The first-order chi connectivity index (χ1) is 18.9. The van der Waals surface area contributed by atoms with Gasteiger partial charge in [0.15, 0.2) is 5.11 Å². The molecule has 0 saturated carbocycles. The lowest BCUT2D eigenvalue weighted by atomic mass is 9.96. The summed E-state index contributed by atoms with van der Waals surface area (Å²) in [6.45, 7) is 9.40. The van der Waals surface area contributed by atoms with E-state index in [4.69, 9.17) is 33.2 Å². The Morgan fingerprint density at radius 2 is 1.90 bits per heavy atom. The number of nitrogens with one attached hydrogen (secondary N) is 1. The van der Waals surface area contributed by atoms with Crippen LogP contribution in [0.25, 0.3) is 0 Å². The molecule has 4 aromatic rings. The molecule has 202 valence electrons. The minimum Gasteiger partial charge on any atom is -0.467 e. The smallest absolute Gasteiger partial charge is 0.174 e. The number of thiocarbonyl (C=S) groups is 1. The van der Waals surface area contributed by atoms with E-state index in [2.05, 4.69) is 70.8 Å². The van der Waals surface area contributed by atoms with E-state index in [-0.39, 0.29) is 12.1 Å². The minimum atomic E-state index is -0.113. The summed E-state index contributed by atoms with van der Waals surface area (Å²) in [6.07, 6.45) is 5.95. The van der Waals surface area contributed by atoms with Gasteiger partial charge >= 0.3 is 0 Å². The number of hydrogen-bond acceptors (Lipinski definition) is 4. The Labute approximate surface area is 240 Å². The van der Waals surface area contributed by atoms with Crippen LogP contribution in [0.1, 0.15) is 60.3 Å². The number of benzene rings is 1. The Morgan fingerprint density at radius 1 is 1.08 bits per heavy atom. The first-order valence-electron chi connectivity index (χ1n) is 13.6. The van der Waals surface area contributed by atoms with Gasteiger partial charge in [0.05, 0.1) is 41.3 Å². The average molecular weight is 560 g/mol. The van der Waals surface area contributed by atoms with Crippen molar-refractivity contribution in [3.63, 3.8) is 0 Å². The zero-order valence-corrected chi connectivity index (χ0v) is 24.2. The van der Waals surface area contributed by atoms with Gasteiger partial charge in [-0.3, -0.25) is 4.98 Å². The van der Waals surface area contributed by atoms with Crippen LogP contribution >= 0.6 is 23.8 Å². The second-order valence-electron chi connectivity index (χ2n) is 10.8. The van der Waals surface area contributed by atoms with Crippen molar-refractivity contribution in [1.29, 1.82) is 0 Å². The monoisotopic (exact) mass is 559 g/mol. The van der Waals surface area contributed by atoms with Crippen LogP contribution < -0.4 is 15.1 Å². The standard InChI is InChI=1S/C31H34ClN5OS/c1-20-11-14-35(15-12-20)28-10-9-23(18-26(28)32)37-30(29(34-31(37)39)27-8-4-5-13-33-27)25-17-21(2)36(22(25)3)19-24-7-6-16-38-24/h4-10,13,16-18,20,29-30H,11-12,14-15,19H2,1-3H3,(H,34,39)/t29-,30+/m1/s1. The summed E-state index contributed by atoms with van der Waals surface area (Å²) in [5.74, 6) is 1.69. The molecule has 6 nitrogen and oxygen atoms in total. The molecule has 1 N–H and O–H groups in total. The average Bonchev–Trinajstić information content (AvgIpc) is 3.64. The number of rotatable bonds is 6. The third-order valence-corrected chi connectivity index (χ3v) is 8.87. The lowest BCUT2D eigenvalue weighted by Gasteiger charge is -2.33. The molecule has 6 rings (SSSR count). The van der Waals surface area contributed by atoms with E-state index in [9.17, 15) is 0 Å². The second kappa shape index (κ2) is 10.7. The number of halogens is 1. The Hall–Kier alpha value is -3.29. The lowest BCUT2D eigenvalue weighted by molar-refractivity contribution is 0.438. The van der Waals surface area contributed by atoms with Crippen LogP contribution in [-0.4, -0.2) is 27.8 Å². The topological polar surface area (TPSA) is 49.5 Å². The highest BCUT2D eigenvalue weighted by Gasteiger charge is 2.42. The zero-order valence-electron chi connectivity index (χ0n) is 22.6. The van der Waals surface area contributed by atoms with Crippen molar-refractivity contribution in [2.75, 3.05) is 22.9 Å². The molecule has 0 bridgehead atoms. The fourth-order valence-electron chi connectivity index (χ4n) is 6.03. The third kappa shape index (κ3) is 4.94. The van der Waals surface area contributed by atoms with E-state index in [1.54, 1.807) is 6.26 Å².